The van der Waals surface area contributed by atoms with Gasteiger partial charge in [0.2, 0.25) is 11.8 Å². The smallest absolute Gasteiger partial charge is 0.341 e. The van der Waals surface area contributed by atoms with Crippen LogP contribution in [0.15, 0.2) is 29.2 Å². The number of fused-ring (bicyclic) bond motifs is 1. The Kier molecular flexibility index (Phi) is 6.74. The molecule has 0 atom stereocenters. The standard InChI is InChI=1S/C20H22N2O4S2/c1-3-26-20(25)18-15-5-4-6-16(15)28-19(18)22-17(24)11-27-14-9-7-13(8-10-14)21-12(2)23/h7-10H,3-6,11H2,1-2H3,(H,21,23)(H,22,24). The molecule has 6 nitrogen and oxygen atoms in total. The van der Waals surface area contributed by atoms with E-state index in [0.717, 1.165) is 29.7 Å². The maximum absolute atomic E-state index is 12.4. The third-order valence-electron chi connectivity index (χ3n) is 4.20. The van der Waals surface area contributed by atoms with Gasteiger partial charge >= 0.3 is 5.97 Å². The average Bonchev–Trinajstić information content (AvgIpc) is 3.21. The normalized spacial score (nSPS) is 12.4. The second kappa shape index (κ2) is 9.25. The highest BCUT2D eigenvalue weighted by atomic mass is 32.2. The van der Waals surface area contributed by atoms with Crippen molar-refractivity contribution in [3.8, 4) is 0 Å². The van der Waals surface area contributed by atoms with E-state index < -0.39 is 0 Å². The number of carbonyl (C=O) groups excluding carboxylic acids is 3. The summed E-state index contributed by atoms with van der Waals surface area (Å²) in [6.45, 7) is 3.54. The summed E-state index contributed by atoms with van der Waals surface area (Å²) in [7, 11) is 0. The zero-order valence-corrected chi connectivity index (χ0v) is 17.4. The van der Waals surface area contributed by atoms with Crippen LogP contribution < -0.4 is 10.6 Å². The Morgan fingerprint density at radius 3 is 2.57 bits per heavy atom. The van der Waals surface area contributed by atoms with Gasteiger partial charge in [0, 0.05) is 22.4 Å². The number of esters is 1. The third-order valence-corrected chi connectivity index (χ3v) is 6.42. The molecule has 0 aliphatic heterocycles. The molecule has 0 unspecified atom stereocenters. The van der Waals surface area contributed by atoms with E-state index in [1.807, 2.05) is 12.1 Å². The van der Waals surface area contributed by atoms with E-state index in [1.165, 1.54) is 34.9 Å². The second-order valence-corrected chi connectivity index (χ2v) is 8.48. The molecule has 0 saturated carbocycles. The Morgan fingerprint density at radius 1 is 1.14 bits per heavy atom. The Bertz CT molecular complexity index is 890. The number of carbonyl (C=O) groups is 3. The minimum Gasteiger partial charge on any atom is -0.462 e. The predicted octanol–water partition coefficient (Wildman–Crippen LogP) is 4.10. The van der Waals surface area contributed by atoms with Crippen molar-refractivity contribution in [3.05, 3.63) is 40.3 Å². The van der Waals surface area contributed by atoms with Crippen molar-refractivity contribution in [1.82, 2.24) is 0 Å². The fourth-order valence-electron chi connectivity index (χ4n) is 3.06. The van der Waals surface area contributed by atoms with Crippen LogP contribution in [0.25, 0.3) is 0 Å². The molecule has 1 aliphatic rings. The molecule has 0 fully saturated rings. The van der Waals surface area contributed by atoms with E-state index >= 15 is 0 Å². The number of rotatable bonds is 7. The molecule has 0 saturated heterocycles. The quantitative estimate of drug-likeness (QED) is 0.522. The van der Waals surface area contributed by atoms with Gasteiger partial charge < -0.3 is 15.4 Å². The van der Waals surface area contributed by atoms with Gasteiger partial charge in [0.1, 0.15) is 5.00 Å². The van der Waals surface area contributed by atoms with Crippen molar-refractivity contribution < 1.29 is 19.1 Å². The van der Waals surface area contributed by atoms with Crippen LogP contribution in [0, 0.1) is 0 Å². The highest BCUT2D eigenvalue weighted by molar-refractivity contribution is 8.00. The predicted molar refractivity (Wildman–Crippen MR) is 112 cm³/mol. The monoisotopic (exact) mass is 418 g/mol. The molecule has 1 heterocycles. The highest BCUT2D eigenvalue weighted by Crippen LogP contribution is 2.39. The highest BCUT2D eigenvalue weighted by Gasteiger charge is 2.28. The number of amides is 2. The number of aryl methyl sites for hydroxylation is 1. The molecule has 2 N–H and O–H groups in total. The van der Waals surface area contributed by atoms with Gasteiger partial charge in [-0.2, -0.15) is 0 Å². The molecule has 148 valence electrons. The first-order valence-electron chi connectivity index (χ1n) is 9.10. The van der Waals surface area contributed by atoms with Crippen molar-refractivity contribution in [3.63, 3.8) is 0 Å². The molecule has 2 aromatic rings. The number of thiophene rings is 1. The zero-order valence-electron chi connectivity index (χ0n) is 15.8. The summed E-state index contributed by atoms with van der Waals surface area (Å²) in [5.74, 6) is -0.426. The molecule has 0 radical (unpaired) electrons. The lowest BCUT2D eigenvalue weighted by Crippen LogP contribution is -2.16. The van der Waals surface area contributed by atoms with E-state index in [-0.39, 0.29) is 23.5 Å². The Labute approximate surface area is 172 Å². The van der Waals surface area contributed by atoms with Gasteiger partial charge in [0.15, 0.2) is 0 Å². The first kappa shape index (κ1) is 20.4. The van der Waals surface area contributed by atoms with E-state index in [0.29, 0.717) is 22.9 Å². The van der Waals surface area contributed by atoms with Crippen LogP contribution in [0.5, 0.6) is 0 Å². The van der Waals surface area contributed by atoms with Gasteiger partial charge in [-0.25, -0.2) is 4.79 Å². The minimum absolute atomic E-state index is 0.125. The largest absolute Gasteiger partial charge is 0.462 e. The van der Waals surface area contributed by atoms with Crippen LogP contribution in [0.2, 0.25) is 0 Å². The first-order valence-corrected chi connectivity index (χ1v) is 10.9. The number of nitrogens with one attached hydrogen (secondary N) is 2. The van der Waals surface area contributed by atoms with E-state index in [2.05, 4.69) is 10.6 Å². The summed E-state index contributed by atoms with van der Waals surface area (Å²) < 4.78 is 5.18. The summed E-state index contributed by atoms with van der Waals surface area (Å²) in [6, 6.07) is 7.30. The zero-order chi connectivity index (χ0) is 20.1. The van der Waals surface area contributed by atoms with Crippen LogP contribution in [-0.2, 0) is 27.2 Å². The first-order chi connectivity index (χ1) is 13.5. The number of ether oxygens (including phenoxy) is 1. The van der Waals surface area contributed by atoms with Gasteiger partial charge in [-0.1, -0.05) is 0 Å². The molecule has 0 bridgehead atoms. The van der Waals surface area contributed by atoms with Gasteiger partial charge in [0.25, 0.3) is 0 Å². The van der Waals surface area contributed by atoms with Crippen LogP contribution in [0.4, 0.5) is 10.7 Å². The molecule has 1 aliphatic carbocycles. The Morgan fingerprint density at radius 2 is 1.89 bits per heavy atom. The fraction of sp³-hybridized carbons (Fsp3) is 0.350. The van der Waals surface area contributed by atoms with E-state index in [1.54, 1.807) is 19.1 Å². The van der Waals surface area contributed by atoms with Crippen molar-refractivity contribution in [1.29, 1.82) is 0 Å². The van der Waals surface area contributed by atoms with E-state index in [4.69, 9.17) is 4.74 Å². The van der Waals surface area contributed by atoms with Crippen molar-refractivity contribution in [2.45, 2.75) is 38.0 Å². The molecule has 1 aromatic carbocycles. The molecule has 28 heavy (non-hydrogen) atoms. The summed E-state index contributed by atoms with van der Waals surface area (Å²) in [6.07, 6.45) is 2.83. The van der Waals surface area contributed by atoms with Gasteiger partial charge in [-0.3, -0.25) is 9.59 Å². The topological polar surface area (TPSA) is 84.5 Å². The van der Waals surface area contributed by atoms with Crippen LogP contribution in [0.1, 0.15) is 41.1 Å². The van der Waals surface area contributed by atoms with Crippen LogP contribution in [0.3, 0.4) is 0 Å². The number of hydrogen-bond donors (Lipinski definition) is 2. The summed E-state index contributed by atoms with van der Waals surface area (Å²) in [5.41, 5.74) is 2.27. The second-order valence-electron chi connectivity index (χ2n) is 6.32. The lowest BCUT2D eigenvalue weighted by Gasteiger charge is -2.08. The van der Waals surface area contributed by atoms with Crippen molar-refractivity contribution in [2.24, 2.45) is 0 Å². The number of thioether (sulfide) groups is 1. The van der Waals surface area contributed by atoms with Crippen molar-refractivity contribution in [2.75, 3.05) is 23.0 Å². The average molecular weight is 419 g/mol. The lowest BCUT2D eigenvalue weighted by molar-refractivity contribution is -0.114. The molecule has 2 amide bonds. The van der Waals surface area contributed by atoms with Gasteiger partial charge in [-0.05, 0) is 56.0 Å². The Hall–Kier alpha value is -2.32. The van der Waals surface area contributed by atoms with Crippen LogP contribution >= 0.6 is 23.1 Å². The van der Waals surface area contributed by atoms with Gasteiger partial charge in [-0.15, -0.1) is 23.1 Å². The maximum Gasteiger partial charge on any atom is 0.341 e. The molecule has 8 heteroatoms. The number of benzene rings is 1. The third kappa shape index (κ3) is 4.94. The summed E-state index contributed by atoms with van der Waals surface area (Å²) in [5, 5.41) is 6.19. The maximum atomic E-state index is 12.4. The molecule has 3 rings (SSSR count). The molecular formula is C20H22N2O4S2. The SMILES string of the molecule is CCOC(=O)c1c(NC(=O)CSc2ccc(NC(C)=O)cc2)sc2c1CCC2. The molecule has 0 spiro atoms. The summed E-state index contributed by atoms with van der Waals surface area (Å²) in [4.78, 5) is 37.9. The molecule has 1 aromatic heterocycles. The number of anilines is 2. The molecular weight excluding hydrogens is 396 g/mol. The lowest BCUT2D eigenvalue weighted by atomic mass is 10.1. The Balaban J connectivity index is 1.62. The van der Waals surface area contributed by atoms with E-state index in [9.17, 15) is 14.4 Å². The number of hydrogen-bond acceptors (Lipinski definition) is 6. The minimum atomic E-state index is -0.363. The van der Waals surface area contributed by atoms with Crippen LogP contribution in [-0.4, -0.2) is 30.1 Å². The van der Waals surface area contributed by atoms with Gasteiger partial charge in [0.05, 0.1) is 17.9 Å². The summed E-state index contributed by atoms with van der Waals surface area (Å²) >= 11 is 2.87. The van der Waals surface area contributed by atoms with Crippen molar-refractivity contribution >= 4 is 51.6 Å². The fourth-order valence-corrected chi connectivity index (χ4v) is 5.05.